The summed E-state index contributed by atoms with van der Waals surface area (Å²) in [5.74, 6) is -4.82. The van der Waals surface area contributed by atoms with E-state index in [0.717, 1.165) is 31.0 Å². The number of hydrogen-bond acceptors (Lipinski definition) is 7. The number of aromatic nitrogens is 2. The number of hydrogen-bond donors (Lipinski definition) is 0. The second-order valence-corrected chi connectivity index (χ2v) is 11.6. The van der Waals surface area contributed by atoms with E-state index in [1.807, 2.05) is 0 Å². The molecule has 5 rings (SSSR count). The molecule has 2 aliphatic rings. The lowest BCUT2D eigenvalue weighted by molar-refractivity contribution is -0.127. The van der Waals surface area contributed by atoms with E-state index in [-0.39, 0.29) is 22.5 Å². The molecule has 1 spiro atoms. The second kappa shape index (κ2) is 9.60. The fourth-order valence-electron chi connectivity index (χ4n) is 4.83. The van der Waals surface area contributed by atoms with Crippen LogP contribution in [0.25, 0.3) is 11.3 Å². The standard InChI is InChI=1S/C26H21F3N2O4S2/c1-36-25-30-13-10-19(31-25)22-20(24(32)26(35-22)11-2-3-12-26)16-7-4-6-15(21(16)29)14-37(33,34)23-17(27)8-5-9-18(23)28/h4-10,13H,2-3,11-12,14H2,1H3. The number of benzene rings is 2. The molecule has 0 saturated heterocycles. The van der Waals surface area contributed by atoms with Crippen LogP contribution in [-0.2, 0) is 25.1 Å². The van der Waals surface area contributed by atoms with Crippen molar-refractivity contribution in [3.63, 3.8) is 0 Å². The predicted molar refractivity (Wildman–Crippen MR) is 132 cm³/mol. The van der Waals surface area contributed by atoms with Crippen molar-refractivity contribution in [1.29, 1.82) is 0 Å². The number of halogens is 3. The maximum Gasteiger partial charge on any atom is 0.210 e. The molecule has 0 amide bonds. The minimum Gasteiger partial charge on any atom is -0.476 e. The summed E-state index contributed by atoms with van der Waals surface area (Å²) in [6.07, 6.45) is 5.75. The highest BCUT2D eigenvalue weighted by Gasteiger charge is 2.52. The van der Waals surface area contributed by atoms with E-state index in [0.29, 0.717) is 23.7 Å². The van der Waals surface area contributed by atoms with Gasteiger partial charge in [-0.25, -0.2) is 31.6 Å². The number of rotatable bonds is 6. The smallest absolute Gasteiger partial charge is 0.210 e. The normalized spacial score (nSPS) is 17.0. The van der Waals surface area contributed by atoms with Crippen molar-refractivity contribution in [2.75, 3.05) is 6.26 Å². The summed E-state index contributed by atoms with van der Waals surface area (Å²) in [5, 5.41) is 0.431. The first-order chi connectivity index (χ1) is 17.7. The van der Waals surface area contributed by atoms with Crippen LogP contribution in [0.2, 0.25) is 0 Å². The van der Waals surface area contributed by atoms with Gasteiger partial charge in [-0.1, -0.05) is 36.0 Å². The molecular weight excluding hydrogens is 525 g/mol. The first-order valence-electron chi connectivity index (χ1n) is 11.5. The van der Waals surface area contributed by atoms with Gasteiger partial charge in [0, 0.05) is 17.3 Å². The van der Waals surface area contributed by atoms with Gasteiger partial charge in [0.15, 0.2) is 26.4 Å². The quantitative estimate of drug-likeness (QED) is 0.304. The Bertz CT molecular complexity index is 1530. The molecule has 0 atom stereocenters. The topological polar surface area (TPSA) is 86.2 Å². The van der Waals surface area contributed by atoms with E-state index in [9.17, 15) is 22.0 Å². The van der Waals surface area contributed by atoms with Gasteiger partial charge in [0.05, 0.1) is 11.3 Å². The Kier molecular flexibility index (Phi) is 6.61. The number of nitrogens with zero attached hydrogens (tertiary/aromatic N) is 2. The van der Waals surface area contributed by atoms with E-state index >= 15 is 4.39 Å². The Balaban J connectivity index is 1.63. The van der Waals surface area contributed by atoms with Gasteiger partial charge < -0.3 is 4.74 Å². The summed E-state index contributed by atoms with van der Waals surface area (Å²) in [5.41, 5.74) is -1.37. The van der Waals surface area contributed by atoms with Crippen LogP contribution < -0.4 is 0 Å². The molecule has 3 aromatic rings. The summed E-state index contributed by atoms with van der Waals surface area (Å²) in [7, 11) is -4.59. The van der Waals surface area contributed by atoms with Crippen molar-refractivity contribution in [2.24, 2.45) is 0 Å². The van der Waals surface area contributed by atoms with Gasteiger partial charge in [-0.2, -0.15) is 0 Å². The number of sulfone groups is 1. The van der Waals surface area contributed by atoms with Gasteiger partial charge in [-0.15, -0.1) is 0 Å². The lowest BCUT2D eigenvalue weighted by atomic mass is 9.88. The molecule has 1 aromatic heterocycles. The van der Waals surface area contributed by atoms with E-state index in [2.05, 4.69) is 9.97 Å². The van der Waals surface area contributed by atoms with Crippen LogP contribution in [0.15, 0.2) is 58.7 Å². The van der Waals surface area contributed by atoms with Gasteiger partial charge in [-0.05, 0) is 50.1 Å². The lowest BCUT2D eigenvalue weighted by Gasteiger charge is -2.22. The molecule has 192 valence electrons. The molecule has 1 aliphatic carbocycles. The number of ketones is 1. The Morgan fingerprint density at radius 2 is 1.70 bits per heavy atom. The van der Waals surface area contributed by atoms with E-state index in [1.165, 1.54) is 36.2 Å². The van der Waals surface area contributed by atoms with Gasteiger partial charge in [0.1, 0.15) is 28.0 Å². The SMILES string of the molecule is CSc1nccc(C2=C(c3cccc(CS(=O)(=O)c4c(F)cccc4F)c3F)C(=O)C3(CCCC3)O2)n1. The highest BCUT2D eigenvalue weighted by atomic mass is 32.2. The zero-order chi connectivity index (χ0) is 26.4. The fraction of sp³-hybridized carbons (Fsp3) is 0.269. The van der Waals surface area contributed by atoms with Crippen molar-refractivity contribution >= 4 is 38.7 Å². The van der Waals surface area contributed by atoms with Gasteiger partial charge >= 0.3 is 0 Å². The molecule has 0 radical (unpaired) electrons. The van der Waals surface area contributed by atoms with Crippen LogP contribution in [0.4, 0.5) is 13.2 Å². The third-order valence-corrected chi connectivity index (χ3v) is 8.81. The Hall–Kier alpha value is -3.18. The maximum absolute atomic E-state index is 15.9. The number of carbonyl (C=O) groups excluding carboxylic acids is 1. The van der Waals surface area contributed by atoms with Crippen molar-refractivity contribution in [3.05, 3.63) is 82.9 Å². The predicted octanol–water partition coefficient (Wildman–Crippen LogP) is 5.37. The summed E-state index contributed by atoms with van der Waals surface area (Å²) in [6, 6.07) is 8.20. The first kappa shape index (κ1) is 25.5. The number of carbonyl (C=O) groups is 1. The molecule has 37 heavy (non-hydrogen) atoms. The molecule has 11 heteroatoms. The van der Waals surface area contributed by atoms with Crippen LogP contribution in [0.3, 0.4) is 0 Å². The minimum absolute atomic E-state index is 0.0403. The summed E-state index contributed by atoms with van der Waals surface area (Å²) < 4.78 is 76.3. The highest BCUT2D eigenvalue weighted by molar-refractivity contribution is 7.98. The third-order valence-electron chi connectivity index (χ3n) is 6.55. The van der Waals surface area contributed by atoms with Crippen LogP contribution in [0.1, 0.15) is 42.5 Å². The second-order valence-electron chi connectivity index (χ2n) is 8.85. The summed E-state index contributed by atoms with van der Waals surface area (Å²) >= 11 is 1.29. The van der Waals surface area contributed by atoms with Crippen LogP contribution >= 0.6 is 11.8 Å². The molecule has 6 nitrogen and oxygen atoms in total. The van der Waals surface area contributed by atoms with E-state index < -0.39 is 49.3 Å². The average molecular weight is 547 g/mol. The molecule has 0 N–H and O–H groups in total. The Labute approximate surface area is 215 Å². The van der Waals surface area contributed by atoms with Gasteiger partial charge in [0.25, 0.3) is 0 Å². The number of ether oxygens (including phenoxy) is 1. The highest BCUT2D eigenvalue weighted by Crippen LogP contribution is 2.49. The zero-order valence-electron chi connectivity index (χ0n) is 19.6. The van der Waals surface area contributed by atoms with Crippen LogP contribution in [0.5, 0.6) is 0 Å². The summed E-state index contributed by atoms with van der Waals surface area (Å²) in [4.78, 5) is 21.1. The fourth-order valence-corrected chi connectivity index (χ4v) is 6.69. The lowest BCUT2D eigenvalue weighted by Crippen LogP contribution is -2.33. The molecule has 1 aliphatic heterocycles. The first-order valence-corrected chi connectivity index (χ1v) is 14.3. The number of thioether (sulfide) groups is 1. The van der Waals surface area contributed by atoms with Gasteiger partial charge in [0.2, 0.25) is 5.78 Å². The molecule has 1 fully saturated rings. The third kappa shape index (κ3) is 4.44. The molecular formula is C26H21F3N2O4S2. The van der Waals surface area contributed by atoms with Gasteiger partial charge in [-0.3, -0.25) is 4.79 Å². The molecule has 2 heterocycles. The maximum atomic E-state index is 15.9. The Morgan fingerprint density at radius 3 is 2.38 bits per heavy atom. The molecule has 0 unspecified atom stereocenters. The average Bonchev–Trinajstić information content (AvgIpc) is 3.45. The molecule has 0 bridgehead atoms. The monoisotopic (exact) mass is 546 g/mol. The van der Waals surface area contributed by atoms with Crippen molar-refractivity contribution in [2.45, 2.75) is 47.1 Å². The minimum atomic E-state index is -4.59. The van der Waals surface area contributed by atoms with E-state index in [1.54, 1.807) is 12.3 Å². The van der Waals surface area contributed by atoms with Crippen molar-refractivity contribution in [3.8, 4) is 0 Å². The summed E-state index contributed by atoms with van der Waals surface area (Å²) in [6.45, 7) is 0. The number of Topliss-reactive ketones (excluding diaryl/α,β-unsaturated/α-hetero) is 1. The van der Waals surface area contributed by atoms with Crippen molar-refractivity contribution in [1.82, 2.24) is 9.97 Å². The van der Waals surface area contributed by atoms with E-state index in [4.69, 9.17) is 4.74 Å². The van der Waals surface area contributed by atoms with Crippen LogP contribution in [-0.4, -0.2) is 36.0 Å². The zero-order valence-corrected chi connectivity index (χ0v) is 21.3. The van der Waals surface area contributed by atoms with Crippen molar-refractivity contribution < 1.29 is 31.1 Å². The molecule has 1 saturated carbocycles. The molecule has 2 aromatic carbocycles. The largest absolute Gasteiger partial charge is 0.476 e. The van der Waals surface area contributed by atoms with Crippen LogP contribution in [0, 0.1) is 17.5 Å². The Morgan fingerprint density at radius 1 is 1.03 bits per heavy atom.